The average molecular weight is 284 g/mol. The maximum Gasteiger partial charge on any atom is 0.313 e. The summed E-state index contributed by atoms with van der Waals surface area (Å²) in [6, 6.07) is 2.09. The Balaban J connectivity index is 2.62. The van der Waals surface area contributed by atoms with Gasteiger partial charge in [-0.15, -0.1) is 6.58 Å². The first-order valence-corrected chi connectivity index (χ1v) is 6.04. The maximum atomic E-state index is 13.7. The lowest BCUT2D eigenvalue weighted by Crippen LogP contribution is -2.11. The molecule has 6 nitrogen and oxygen atoms in total. The molecular formula is C13H17FN2O4. The fourth-order valence-corrected chi connectivity index (χ4v) is 1.51. The van der Waals surface area contributed by atoms with Gasteiger partial charge >= 0.3 is 5.69 Å². The van der Waals surface area contributed by atoms with E-state index in [1.54, 1.807) is 6.08 Å². The molecule has 0 bridgehead atoms. The molecule has 0 saturated heterocycles. The summed E-state index contributed by atoms with van der Waals surface area (Å²) in [4.78, 5) is 10.0. The van der Waals surface area contributed by atoms with Crippen molar-refractivity contribution in [2.24, 2.45) is 0 Å². The molecular weight excluding hydrogens is 267 g/mol. The Hall–Kier alpha value is -2.15. The van der Waals surface area contributed by atoms with Gasteiger partial charge in [-0.05, 0) is 6.42 Å². The third-order valence-corrected chi connectivity index (χ3v) is 2.49. The van der Waals surface area contributed by atoms with Crippen LogP contribution in [0.5, 0.6) is 5.75 Å². The normalized spacial score (nSPS) is 10.1. The Morgan fingerprint density at radius 3 is 2.85 bits per heavy atom. The van der Waals surface area contributed by atoms with E-state index in [2.05, 4.69) is 11.9 Å². The van der Waals surface area contributed by atoms with Crippen LogP contribution in [-0.2, 0) is 4.74 Å². The Bertz CT molecular complexity index is 480. The highest BCUT2D eigenvalue weighted by Gasteiger charge is 2.18. The second-order valence-electron chi connectivity index (χ2n) is 3.88. The Labute approximate surface area is 116 Å². The van der Waals surface area contributed by atoms with Crippen molar-refractivity contribution >= 4 is 11.4 Å². The van der Waals surface area contributed by atoms with Crippen LogP contribution in [0.4, 0.5) is 15.8 Å². The largest absolute Gasteiger partial charge is 0.490 e. The van der Waals surface area contributed by atoms with Crippen LogP contribution < -0.4 is 10.1 Å². The van der Waals surface area contributed by atoms with Crippen LogP contribution in [0.1, 0.15) is 6.42 Å². The van der Waals surface area contributed by atoms with Crippen LogP contribution in [0.3, 0.4) is 0 Å². The minimum atomic E-state index is -0.705. The predicted molar refractivity (Wildman–Crippen MR) is 73.7 cm³/mol. The zero-order chi connectivity index (χ0) is 15.0. The zero-order valence-corrected chi connectivity index (χ0v) is 11.2. The van der Waals surface area contributed by atoms with Gasteiger partial charge in [-0.3, -0.25) is 10.1 Å². The third kappa shape index (κ3) is 4.51. The topological polar surface area (TPSA) is 73.6 Å². The number of benzene rings is 1. The van der Waals surface area contributed by atoms with Gasteiger partial charge in [0.25, 0.3) is 0 Å². The lowest BCUT2D eigenvalue weighted by molar-refractivity contribution is -0.385. The van der Waals surface area contributed by atoms with Gasteiger partial charge in [-0.1, -0.05) is 6.08 Å². The highest BCUT2D eigenvalue weighted by molar-refractivity contribution is 5.59. The minimum Gasteiger partial charge on any atom is -0.490 e. The molecule has 1 N–H and O–H groups in total. The summed E-state index contributed by atoms with van der Waals surface area (Å²) in [5.74, 6) is -0.699. The predicted octanol–water partition coefficient (Wildman–Crippen LogP) is 2.75. The number of rotatable bonds is 9. The van der Waals surface area contributed by atoms with Crippen molar-refractivity contribution in [2.75, 3.05) is 32.2 Å². The molecule has 0 radical (unpaired) electrons. The molecule has 0 aliphatic heterocycles. The molecule has 1 aromatic rings. The van der Waals surface area contributed by atoms with Crippen molar-refractivity contribution in [3.05, 3.63) is 40.7 Å². The first-order valence-electron chi connectivity index (χ1n) is 6.04. The number of nitrogens with zero attached hydrogens (tertiary/aromatic N) is 1. The van der Waals surface area contributed by atoms with Gasteiger partial charge in [-0.2, -0.15) is 0 Å². The van der Waals surface area contributed by atoms with Crippen molar-refractivity contribution < 1.29 is 18.8 Å². The highest BCUT2D eigenvalue weighted by atomic mass is 19.1. The fraction of sp³-hybridized carbons (Fsp3) is 0.385. The zero-order valence-electron chi connectivity index (χ0n) is 11.2. The van der Waals surface area contributed by atoms with E-state index in [0.29, 0.717) is 19.8 Å². The second kappa shape index (κ2) is 8.11. The van der Waals surface area contributed by atoms with Crippen LogP contribution in [-0.4, -0.2) is 31.8 Å². The number of hydrogen-bond donors (Lipinski definition) is 1. The van der Waals surface area contributed by atoms with Gasteiger partial charge in [0.05, 0.1) is 37.0 Å². The van der Waals surface area contributed by atoms with Gasteiger partial charge < -0.3 is 14.8 Å². The molecule has 0 heterocycles. The first kappa shape index (κ1) is 15.9. The maximum absolute atomic E-state index is 13.7. The summed E-state index contributed by atoms with van der Waals surface area (Å²) >= 11 is 0. The van der Waals surface area contributed by atoms with E-state index >= 15 is 0 Å². The molecule has 0 spiro atoms. The first-order chi connectivity index (χ1) is 9.60. The summed E-state index contributed by atoms with van der Waals surface area (Å²) in [7, 11) is 1.29. The summed E-state index contributed by atoms with van der Waals surface area (Å²) in [5.41, 5.74) is -0.266. The Morgan fingerprint density at radius 1 is 1.50 bits per heavy atom. The molecule has 20 heavy (non-hydrogen) atoms. The van der Waals surface area contributed by atoms with Crippen LogP contribution in [0.15, 0.2) is 24.8 Å². The summed E-state index contributed by atoms with van der Waals surface area (Å²) in [6.07, 6.45) is 2.49. The minimum absolute atomic E-state index is 0.00600. The molecule has 7 heteroatoms. The fourth-order valence-electron chi connectivity index (χ4n) is 1.51. The van der Waals surface area contributed by atoms with E-state index in [9.17, 15) is 14.5 Å². The van der Waals surface area contributed by atoms with Crippen molar-refractivity contribution in [3.8, 4) is 5.75 Å². The van der Waals surface area contributed by atoms with Crippen LogP contribution >= 0.6 is 0 Å². The smallest absolute Gasteiger partial charge is 0.313 e. The van der Waals surface area contributed by atoms with Crippen molar-refractivity contribution in [2.45, 2.75) is 6.42 Å². The summed E-state index contributed by atoms with van der Waals surface area (Å²) in [5, 5.41) is 13.5. The van der Waals surface area contributed by atoms with Crippen molar-refractivity contribution in [3.63, 3.8) is 0 Å². The standard InChI is InChI=1S/C13H17FN2O4/c1-3-4-6-20-7-5-15-11-9-13(19-2)12(16(17)18)8-10(11)14/h3,8-9,15H,1,4-7H2,2H3. The van der Waals surface area contributed by atoms with E-state index < -0.39 is 16.4 Å². The van der Waals surface area contributed by atoms with E-state index in [4.69, 9.17) is 9.47 Å². The quantitative estimate of drug-likeness (QED) is 0.327. The van der Waals surface area contributed by atoms with Gasteiger partial charge in [0.15, 0.2) is 11.6 Å². The lowest BCUT2D eigenvalue weighted by atomic mass is 10.2. The van der Waals surface area contributed by atoms with E-state index in [1.165, 1.54) is 13.2 Å². The number of halogens is 1. The number of hydrogen-bond acceptors (Lipinski definition) is 5. The van der Waals surface area contributed by atoms with Crippen LogP contribution in [0.2, 0.25) is 0 Å². The monoisotopic (exact) mass is 284 g/mol. The summed E-state index contributed by atoms with van der Waals surface area (Å²) in [6.45, 7) is 4.90. The molecule has 0 atom stereocenters. The van der Waals surface area contributed by atoms with Crippen LogP contribution in [0, 0.1) is 15.9 Å². The molecule has 0 aliphatic rings. The van der Waals surface area contributed by atoms with Gasteiger partial charge in [0.2, 0.25) is 0 Å². The van der Waals surface area contributed by atoms with Gasteiger partial charge in [0.1, 0.15) is 0 Å². The number of nitrogens with one attached hydrogen (secondary N) is 1. The molecule has 0 saturated carbocycles. The van der Waals surface area contributed by atoms with E-state index in [0.717, 1.165) is 12.5 Å². The van der Waals surface area contributed by atoms with E-state index in [1.807, 2.05) is 0 Å². The number of anilines is 1. The molecule has 0 amide bonds. The molecule has 0 unspecified atom stereocenters. The van der Waals surface area contributed by atoms with E-state index in [-0.39, 0.29) is 11.4 Å². The number of nitro benzene ring substituents is 1. The molecule has 1 aromatic carbocycles. The molecule has 0 aromatic heterocycles. The van der Waals surface area contributed by atoms with Crippen LogP contribution in [0.25, 0.3) is 0 Å². The van der Waals surface area contributed by atoms with Crippen molar-refractivity contribution in [1.29, 1.82) is 0 Å². The SMILES string of the molecule is C=CCCOCCNc1cc(OC)c([N+](=O)[O-])cc1F. The molecule has 110 valence electrons. The summed E-state index contributed by atoms with van der Waals surface area (Å²) < 4.78 is 23.8. The molecule has 1 rings (SSSR count). The highest BCUT2D eigenvalue weighted by Crippen LogP contribution is 2.32. The second-order valence-corrected chi connectivity index (χ2v) is 3.88. The number of nitro groups is 1. The van der Waals surface area contributed by atoms with Gasteiger partial charge in [-0.25, -0.2) is 4.39 Å². The third-order valence-electron chi connectivity index (χ3n) is 2.49. The van der Waals surface area contributed by atoms with Gasteiger partial charge in [0, 0.05) is 12.6 Å². The Kier molecular flexibility index (Phi) is 6.45. The number of ether oxygens (including phenoxy) is 2. The molecule has 0 fully saturated rings. The average Bonchev–Trinajstić information content (AvgIpc) is 2.43. The Morgan fingerprint density at radius 2 is 2.25 bits per heavy atom. The number of methoxy groups -OCH3 is 1. The van der Waals surface area contributed by atoms with Crippen molar-refractivity contribution in [1.82, 2.24) is 0 Å². The lowest BCUT2D eigenvalue weighted by Gasteiger charge is -2.10. The molecule has 0 aliphatic carbocycles.